The predicted octanol–water partition coefficient (Wildman–Crippen LogP) is 2.80. The van der Waals surface area contributed by atoms with Crippen LogP contribution in [0, 0.1) is 11.6 Å². The van der Waals surface area contributed by atoms with Crippen molar-refractivity contribution in [1.82, 2.24) is 9.80 Å². The number of benzene rings is 1. The monoisotopic (exact) mass is 296 g/mol. The normalized spacial score (nSPS) is 17.1. The van der Waals surface area contributed by atoms with E-state index in [0.29, 0.717) is 5.56 Å². The van der Waals surface area contributed by atoms with Crippen molar-refractivity contribution >= 4 is 5.91 Å². The van der Waals surface area contributed by atoms with Gasteiger partial charge in [-0.3, -0.25) is 9.69 Å². The molecule has 1 aromatic carbocycles. The third kappa shape index (κ3) is 4.00. The maximum atomic E-state index is 13.7. The van der Waals surface area contributed by atoms with E-state index in [9.17, 15) is 13.6 Å². The van der Waals surface area contributed by atoms with Gasteiger partial charge >= 0.3 is 0 Å². The van der Waals surface area contributed by atoms with Crippen LogP contribution in [0.1, 0.15) is 31.7 Å². The molecule has 0 spiro atoms. The van der Waals surface area contributed by atoms with E-state index in [2.05, 4.69) is 0 Å². The highest BCUT2D eigenvalue weighted by atomic mass is 19.1. The van der Waals surface area contributed by atoms with E-state index >= 15 is 0 Å². The quantitative estimate of drug-likeness (QED) is 0.853. The number of hydrogen-bond acceptors (Lipinski definition) is 2. The second-order valence-corrected chi connectivity index (χ2v) is 5.71. The number of halogens is 2. The summed E-state index contributed by atoms with van der Waals surface area (Å²) in [6, 6.07) is 3.23. The molecule has 1 unspecified atom stereocenters. The van der Waals surface area contributed by atoms with Gasteiger partial charge in [0.05, 0.1) is 6.04 Å². The molecule has 0 aliphatic carbocycles. The van der Waals surface area contributed by atoms with E-state index < -0.39 is 11.6 Å². The van der Waals surface area contributed by atoms with Gasteiger partial charge < -0.3 is 4.90 Å². The van der Waals surface area contributed by atoms with Gasteiger partial charge in [0.15, 0.2) is 0 Å². The smallest absolute Gasteiger partial charge is 0.239 e. The first kappa shape index (κ1) is 15.9. The van der Waals surface area contributed by atoms with Crippen LogP contribution < -0.4 is 0 Å². The van der Waals surface area contributed by atoms with Gasteiger partial charge in [0.1, 0.15) is 11.6 Å². The first-order valence-electron chi connectivity index (χ1n) is 7.42. The number of piperidine rings is 1. The molecule has 1 atom stereocenters. The van der Waals surface area contributed by atoms with Crippen LogP contribution in [0.15, 0.2) is 18.2 Å². The van der Waals surface area contributed by atoms with Crippen LogP contribution in [0.25, 0.3) is 0 Å². The molecule has 0 saturated carbocycles. The highest BCUT2D eigenvalue weighted by Crippen LogP contribution is 2.15. The molecular formula is C16H22F2N2O. The summed E-state index contributed by atoms with van der Waals surface area (Å²) >= 11 is 0. The predicted molar refractivity (Wildman–Crippen MR) is 77.7 cm³/mol. The number of carbonyl (C=O) groups excluding carboxylic acids is 1. The zero-order valence-electron chi connectivity index (χ0n) is 12.6. The molecule has 1 saturated heterocycles. The Kier molecular flexibility index (Phi) is 5.28. The molecule has 0 radical (unpaired) electrons. The summed E-state index contributed by atoms with van der Waals surface area (Å²) in [5.41, 5.74) is 0.400. The first-order valence-corrected chi connectivity index (χ1v) is 7.42. The lowest BCUT2D eigenvalue weighted by Gasteiger charge is -2.32. The van der Waals surface area contributed by atoms with Crippen molar-refractivity contribution in [3.8, 4) is 0 Å². The Labute approximate surface area is 124 Å². The summed E-state index contributed by atoms with van der Waals surface area (Å²) in [6.45, 7) is 3.73. The van der Waals surface area contributed by atoms with Crippen LogP contribution in [0.4, 0.5) is 8.78 Å². The van der Waals surface area contributed by atoms with Crippen LogP contribution in [0.2, 0.25) is 0 Å². The Bertz CT molecular complexity index is 501. The number of nitrogens with zero attached hydrogens (tertiary/aromatic N) is 2. The van der Waals surface area contributed by atoms with Crippen LogP contribution in [0.3, 0.4) is 0 Å². The minimum atomic E-state index is -0.587. The second kappa shape index (κ2) is 6.98. The first-order chi connectivity index (χ1) is 9.99. The van der Waals surface area contributed by atoms with Crippen molar-refractivity contribution in [2.75, 3.05) is 20.1 Å². The Morgan fingerprint density at radius 3 is 2.57 bits per heavy atom. The molecule has 1 amide bonds. The zero-order valence-corrected chi connectivity index (χ0v) is 12.6. The molecule has 0 aromatic heterocycles. The van der Waals surface area contributed by atoms with Gasteiger partial charge in [-0.2, -0.15) is 0 Å². The summed E-state index contributed by atoms with van der Waals surface area (Å²) < 4.78 is 26.6. The molecule has 0 bridgehead atoms. The largest absolute Gasteiger partial charge is 0.341 e. The number of likely N-dealkylation sites (tertiary alicyclic amines) is 1. The lowest BCUT2D eigenvalue weighted by Crippen LogP contribution is -2.47. The van der Waals surface area contributed by atoms with Crippen LogP contribution in [0.5, 0.6) is 0 Å². The van der Waals surface area contributed by atoms with Gasteiger partial charge in [0, 0.05) is 31.3 Å². The number of likely N-dealkylation sites (N-methyl/N-ethyl adjacent to an activating group) is 1. The summed E-state index contributed by atoms with van der Waals surface area (Å²) in [6.07, 6.45) is 3.28. The standard InChI is InChI=1S/C16H22F2N2O/c1-12(16(21)20-8-4-3-5-9-20)19(2)11-13-6-7-14(17)10-15(13)18/h6-7,10,12H,3-5,8-9,11H2,1-2H3. The highest BCUT2D eigenvalue weighted by Gasteiger charge is 2.25. The van der Waals surface area contributed by atoms with Gasteiger partial charge in [-0.25, -0.2) is 8.78 Å². The van der Waals surface area contributed by atoms with Crippen molar-refractivity contribution in [3.05, 3.63) is 35.4 Å². The van der Waals surface area contributed by atoms with Crippen molar-refractivity contribution in [2.45, 2.75) is 38.8 Å². The Morgan fingerprint density at radius 1 is 1.29 bits per heavy atom. The van der Waals surface area contributed by atoms with E-state index in [-0.39, 0.29) is 18.5 Å². The van der Waals surface area contributed by atoms with Crippen molar-refractivity contribution in [1.29, 1.82) is 0 Å². The van der Waals surface area contributed by atoms with Gasteiger partial charge in [0.25, 0.3) is 0 Å². The fourth-order valence-electron chi connectivity index (χ4n) is 2.62. The summed E-state index contributed by atoms with van der Waals surface area (Å²) in [5.74, 6) is -1.07. The van der Waals surface area contributed by atoms with E-state index in [1.165, 1.54) is 18.6 Å². The fourth-order valence-corrected chi connectivity index (χ4v) is 2.62. The van der Waals surface area contributed by atoms with Gasteiger partial charge in [-0.1, -0.05) is 6.07 Å². The van der Waals surface area contributed by atoms with Gasteiger partial charge in [-0.15, -0.1) is 0 Å². The molecule has 3 nitrogen and oxygen atoms in total. The maximum absolute atomic E-state index is 13.7. The molecule has 0 N–H and O–H groups in total. The fraction of sp³-hybridized carbons (Fsp3) is 0.562. The topological polar surface area (TPSA) is 23.6 Å². The summed E-state index contributed by atoms with van der Waals surface area (Å²) in [5, 5.41) is 0. The second-order valence-electron chi connectivity index (χ2n) is 5.71. The summed E-state index contributed by atoms with van der Waals surface area (Å²) in [4.78, 5) is 16.1. The lowest BCUT2D eigenvalue weighted by atomic mass is 10.1. The minimum absolute atomic E-state index is 0.0831. The number of hydrogen-bond donors (Lipinski definition) is 0. The van der Waals surface area contributed by atoms with Gasteiger partial charge in [0.2, 0.25) is 5.91 Å². The third-order valence-corrected chi connectivity index (χ3v) is 4.12. The number of rotatable bonds is 4. The van der Waals surface area contributed by atoms with E-state index in [1.807, 2.05) is 11.8 Å². The van der Waals surface area contributed by atoms with Crippen molar-refractivity contribution in [3.63, 3.8) is 0 Å². The number of amides is 1. The third-order valence-electron chi connectivity index (χ3n) is 4.12. The molecule has 2 rings (SSSR count). The molecular weight excluding hydrogens is 274 g/mol. The number of carbonyl (C=O) groups is 1. The highest BCUT2D eigenvalue weighted by molar-refractivity contribution is 5.81. The average Bonchev–Trinajstić information content (AvgIpc) is 2.49. The van der Waals surface area contributed by atoms with E-state index in [1.54, 1.807) is 11.9 Å². The average molecular weight is 296 g/mol. The molecule has 5 heteroatoms. The van der Waals surface area contributed by atoms with Crippen molar-refractivity contribution in [2.24, 2.45) is 0 Å². The maximum Gasteiger partial charge on any atom is 0.239 e. The Balaban J connectivity index is 1.98. The molecule has 1 aliphatic heterocycles. The molecule has 1 heterocycles. The van der Waals surface area contributed by atoms with Gasteiger partial charge in [-0.05, 0) is 39.3 Å². The SMILES string of the molecule is CC(C(=O)N1CCCCC1)N(C)Cc1ccc(F)cc1F. The Morgan fingerprint density at radius 2 is 1.95 bits per heavy atom. The van der Waals surface area contributed by atoms with Crippen LogP contribution >= 0.6 is 0 Å². The molecule has 21 heavy (non-hydrogen) atoms. The van der Waals surface area contributed by atoms with Crippen LogP contribution in [-0.2, 0) is 11.3 Å². The van der Waals surface area contributed by atoms with Crippen molar-refractivity contribution < 1.29 is 13.6 Å². The molecule has 1 aromatic rings. The van der Waals surface area contributed by atoms with Crippen LogP contribution in [-0.4, -0.2) is 41.9 Å². The van der Waals surface area contributed by atoms with E-state index in [0.717, 1.165) is 32.0 Å². The molecule has 1 aliphatic rings. The zero-order chi connectivity index (χ0) is 15.4. The lowest BCUT2D eigenvalue weighted by molar-refractivity contribution is -0.137. The molecule has 1 fully saturated rings. The Hall–Kier alpha value is -1.49. The van der Waals surface area contributed by atoms with E-state index in [4.69, 9.17) is 0 Å². The summed E-state index contributed by atoms with van der Waals surface area (Å²) in [7, 11) is 1.79. The minimum Gasteiger partial charge on any atom is -0.341 e. The molecule has 116 valence electrons.